The van der Waals surface area contributed by atoms with Crippen LogP contribution in [0.5, 0.6) is 0 Å². The highest BCUT2D eigenvalue weighted by Crippen LogP contribution is 2.13. The Morgan fingerprint density at radius 1 is 0.771 bits per heavy atom. The van der Waals surface area contributed by atoms with Crippen LogP contribution in [0.2, 0.25) is 0 Å². The molecule has 0 N–H and O–H groups in total. The van der Waals surface area contributed by atoms with Gasteiger partial charge in [-0.3, -0.25) is 24.0 Å². The Labute approximate surface area is 202 Å². The largest absolute Gasteiger partial charge is 0.502 e. The van der Waals surface area contributed by atoms with Gasteiger partial charge in [0, 0.05) is 32.1 Å². The molecule has 0 aromatic rings. The van der Waals surface area contributed by atoms with Gasteiger partial charge < -0.3 is 28.7 Å². The molecular formula is C22H30N2O11. The number of nitrogens with zero attached hydrogens (tertiary/aromatic N) is 2. The summed E-state index contributed by atoms with van der Waals surface area (Å²) in [4.78, 5) is 77.4. The number of rotatable bonds is 18. The van der Waals surface area contributed by atoms with E-state index in [0.717, 1.165) is 4.90 Å². The van der Waals surface area contributed by atoms with Gasteiger partial charge in [0.15, 0.2) is 0 Å². The summed E-state index contributed by atoms with van der Waals surface area (Å²) in [5, 5.41) is 0.367. The van der Waals surface area contributed by atoms with Crippen molar-refractivity contribution < 1.29 is 52.6 Å². The molecule has 1 aliphatic rings. The van der Waals surface area contributed by atoms with Crippen LogP contribution in [0.1, 0.15) is 38.5 Å². The summed E-state index contributed by atoms with van der Waals surface area (Å²) in [6.45, 7) is 6.25. The molecule has 1 heterocycles. The second-order valence-electron chi connectivity index (χ2n) is 7.02. The lowest BCUT2D eigenvalue weighted by atomic mass is 10.2. The lowest BCUT2D eigenvalue weighted by Gasteiger charge is -2.21. The van der Waals surface area contributed by atoms with E-state index in [4.69, 9.17) is 23.8 Å². The minimum Gasteiger partial charge on any atom is -0.502 e. The molecule has 0 radical (unpaired) electrons. The zero-order valence-electron chi connectivity index (χ0n) is 19.4. The highest BCUT2D eigenvalue weighted by Gasteiger charge is 2.33. The van der Waals surface area contributed by atoms with Gasteiger partial charge in [-0.15, -0.1) is 5.06 Å². The molecule has 13 nitrogen and oxygen atoms in total. The normalized spacial score (nSPS) is 12.5. The van der Waals surface area contributed by atoms with Crippen molar-refractivity contribution in [3.05, 3.63) is 25.7 Å². The summed E-state index contributed by atoms with van der Waals surface area (Å²) in [6, 6.07) is 0. The first-order valence-electron chi connectivity index (χ1n) is 10.9. The van der Waals surface area contributed by atoms with E-state index < -0.39 is 61.6 Å². The molecule has 194 valence electrons. The van der Waals surface area contributed by atoms with Gasteiger partial charge in [0.25, 0.3) is 11.8 Å². The maximum atomic E-state index is 12.6. The molecule has 3 amide bonds. The fourth-order valence-corrected chi connectivity index (χ4v) is 2.63. The minimum absolute atomic E-state index is 0.0205. The zero-order valence-corrected chi connectivity index (χ0v) is 19.4. The number of esters is 2. The highest BCUT2D eigenvalue weighted by molar-refractivity contribution is 6.01. The third-order valence-electron chi connectivity index (χ3n) is 4.31. The first kappa shape index (κ1) is 29.1. The number of hydroxylamine groups is 2. The van der Waals surface area contributed by atoms with Crippen molar-refractivity contribution in [1.29, 1.82) is 0 Å². The molecule has 1 rings (SSSR count). The van der Waals surface area contributed by atoms with Crippen LogP contribution >= 0.6 is 0 Å². The van der Waals surface area contributed by atoms with Gasteiger partial charge in [-0.05, 0) is 0 Å². The molecule has 0 spiro atoms. The number of carbonyl (C=O) groups excluding carboxylic acids is 6. The van der Waals surface area contributed by atoms with Crippen LogP contribution in [0.25, 0.3) is 0 Å². The number of imide groups is 1. The summed E-state index contributed by atoms with van der Waals surface area (Å²) in [6.07, 6.45) is 2.20. The van der Waals surface area contributed by atoms with Crippen LogP contribution in [0.3, 0.4) is 0 Å². The van der Waals surface area contributed by atoms with E-state index in [1.807, 2.05) is 0 Å². The molecule has 0 aromatic heterocycles. The molecular weight excluding hydrogens is 468 g/mol. The van der Waals surface area contributed by atoms with Crippen LogP contribution in [0.15, 0.2) is 25.7 Å². The molecule has 13 heteroatoms. The Bertz CT molecular complexity index is 748. The molecule has 1 saturated heterocycles. The van der Waals surface area contributed by atoms with Crippen molar-refractivity contribution in [2.24, 2.45) is 0 Å². The summed E-state index contributed by atoms with van der Waals surface area (Å²) >= 11 is 0. The fraction of sp³-hybridized carbons (Fsp3) is 0.545. The fourth-order valence-electron chi connectivity index (χ4n) is 2.63. The zero-order chi connectivity index (χ0) is 26.1. The van der Waals surface area contributed by atoms with E-state index in [0.29, 0.717) is 17.9 Å². The van der Waals surface area contributed by atoms with E-state index >= 15 is 0 Å². The molecule has 0 unspecified atom stereocenters. The van der Waals surface area contributed by atoms with Crippen molar-refractivity contribution in [1.82, 2.24) is 9.96 Å². The van der Waals surface area contributed by atoms with Crippen molar-refractivity contribution in [3.8, 4) is 0 Å². The smallest absolute Gasteiger partial charge is 0.333 e. The van der Waals surface area contributed by atoms with Gasteiger partial charge in [-0.25, -0.2) is 4.79 Å². The Hall–Kier alpha value is -3.90. The minimum atomic E-state index is -0.989. The molecule has 0 aliphatic carbocycles. The predicted molar refractivity (Wildman–Crippen MR) is 116 cm³/mol. The molecule has 0 saturated carbocycles. The summed E-state index contributed by atoms with van der Waals surface area (Å²) in [5.74, 6) is -4.59. The van der Waals surface area contributed by atoms with Gasteiger partial charge in [0.05, 0.1) is 45.4 Å². The quantitative estimate of drug-likeness (QED) is 0.111. The average molecular weight is 498 g/mol. The Morgan fingerprint density at radius 3 is 1.71 bits per heavy atom. The van der Waals surface area contributed by atoms with Crippen molar-refractivity contribution in [2.45, 2.75) is 38.5 Å². The molecule has 0 bridgehead atoms. The van der Waals surface area contributed by atoms with Gasteiger partial charge >= 0.3 is 17.9 Å². The average Bonchev–Trinajstić information content (AvgIpc) is 3.13. The first-order chi connectivity index (χ1) is 16.8. The third kappa shape index (κ3) is 12.2. The van der Waals surface area contributed by atoms with Crippen LogP contribution < -0.4 is 0 Å². The molecule has 1 aliphatic heterocycles. The predicted octanol–water partition coefficient (Wildman–Crippen LogP) is 0.389. The molecule has 0 aromatic carbocycles. The van der Waals surface area contributed by atoms with Crippen LogP contribution in [0, 0.1) is 0 Å². The molecule has 35 heavy (non-hydrogen) atoms. The SMILES string of the molecule is C=COCCCOC(=O)CN(CC(=O)OCCCOC=C)C(=O)CCC(=O)ON1C(=O)CCC1=O. The van der Waals surface area contributed by atoms with Gasteiger partial charge in [-0.1, -0.05) is 13.2 Å². The van der Waals surface area contributed by atoms with Crippen molar-refractivity contribution in [2.75, 3.05) is 39.5 Å². The van der Waals surface area contributed by atoms with Gasteiger partial charge in [0.1, 0.15) is 13.1 Å². The first-order valence-corrected chi connectivity index (χ1v) is 10.9. The maximum absolute atomic E-state index is 12.6. The van der Waals surface area contributed by atoms with E-state index in [1.54, 1.807) is 0 Å². The molecule has 1 fully saturated rings. The second kappa shape index (κ2) is 16.7. The molecule has 0 atom stereocenters. The van der Waals surface area contributed by atoms with Gasteiger partial charge in [0.2, 0.25) is 5.91 Å². The number of carbonyl (C=O) groups is 6. The Balaban J connectivity index is 2.59. The van der Waals surface area contributed by atoms with Crippen molar-refractivity contribution >= 4 is 35.6 Å². The van der Waals surface area contributed by atoms with E-state index in [1.165, 1.54) is 12.5 Å². The number of hydrogen-bond donors (Lipinski definition) is 0. The monoisotopic (exact) mass is 498 g/mol. The van der Waals surface area contributed by atoms with E-state index in [9.17, 15) is 28.8 Å². The van der Waals surface area contributed by atoms with Crippen LogP contribution in [0.4, 0.5) is 0 Å². The number of ether oxygens (including phenoxy) is 4. The lowest BCUT2D eigenvalue weighted by Crippen LogP contribution is -2.41. The maximum Gasteiger partial charge on any atom is 0.333 e. The topological polar surface area (TPSA) is 155 Å². The van der Waals surface area contributed by atoms with Crippen LogP contribution in [-0.4, -0.2) is 85.1 Å². The lowest BCUT2D eigenvalue weighted by molar-refractivity contribution is -0.197. The van der Waals surface area contributed by atoms with Crippen LogP contribution in [-0.2, 0) is 52.6 Å². The Morgan fingerprint density at radius 2 is 1.26 bits per heavy atom. The highest BCUT2D eigenvalue weighted by atomic mass is 16.7. The number of hydrogen-bond acceptors (Lipinski definition) is 11. The van der Waals surface area contributed by atoms with E-state index in [-0.39, 0.29) is 39.3 Å². The Kier molecular flexibility index (Phi) is 13.9. The second-order valence-corrected chi connectivity index (χ2v) is 7.02. The summed E-state index contributed by atoms with van der Waals surface area (Å²) in [5.41, 5.74) is 0. The van der Waals surface area contributed by atoms with Crippen molar-refractivity contribution in [3.63, 3.8) is 0 Å². The summed E-state index contributed by atoms with van der Waals surface area (Å²) in [7, 11) is 0. The third-order valence-corrected chi connectivity index (χ3v) is 4.31. The number of amides is 3. The summed E-state index contributed by atoms with van der Waals surface area (Å²) < 4.78 is 19.8. The van der Waals surface area contributed by atoms with E-state index in [2.05, 4.69) is 13.2 Å². The standard InChI is InChI=1S/C22H30N2O11/c1-3-31-11-5-13-33-21(29)15-23(16-22(30)34-14-6-12-32-4-2)17(25)9-10-20(28)35-24-18(26)7-8-19(24)27/h3-4H,1-2,5-16H2. The van der Waals surface area contributed by atoms with Gasteiger partial charge in [-0.2, -0.15) is 0 Å².